The molecule has 0 bridgehead atoms. The van der Waals surface area contributed by atoms with Gasteiger partial charge in [0.15, 0.2) is 0 Å². The molecule has 0 aliphatic heterocycles. The maximum absolute atomic E-state index is 11.7. The van der Waals surface area contributed by atoms with E-state index < -0.39 is 22.4 Å². The number of carbonyl (C=O) groups is 1. The first-order valence-electron chi connectivity index (χ1n) is 7.31. The third-order valence-electron chi connectivity index (χ3n) is 3.24. The summed E-state index contributed by atoms with van der Waals surface area (Å²) in [6.45, 7) is 1.33. The van der Waals surface area contributed by atoms with Gasteiger partial charge in [0.2, 0.25) is 0 Å². The van der Waals surface area contributed by atoms with Crippen LogP contribution in [0.3, 0.4) is 0 Å². The molecular formula is C15H17ClN4O5. The third-order valence-corrected chi connectivity index (χ3v) is 3.54. The molecule has 0 spiro atoms. The Balaban J connectivity index is 1.84. The highest BCUT2D eigenvalue weighted by atomic mass is 35.5. The van der Waals surface area contributed by atoms with Crippen LogP contribution in [-0.2, 0) is 17.9 Å². The first-order valence-corrected chi connectivity index (χ1v) is 7.69. The Hall–Kier alpha value is -2.65. The SMILES string of the molecule is C[C@@](O)(CNC(=O)OCc1ccccc1)Cn1cc([N+](=O)[O-])nc1Cl. The standard InChI is InChI=1S/C15H17ClN4O5/c1-15(22,10-19-7-12(20(23)24)18-13(19)16)9-17-14(21)25-8-11-5-3-2-4-6-11/h2-7,22H,8-10H2,1H3,(H,17,21)/t15-/m1/s1. The first kappa shape index (κ1) is 18.7. The highest BCUT2D eigenvalue weighted by molar-refractivity contribution is 6.28. The van der Waals surface area contributed by atoms with Crippen LogP contribution >= 0.6 is 11.6 Å². The normalized spacial score (nSPS) is 13.1. The number of benzene rings is 1. The van der Waals surface area contributed by atoms with Crippen LogP contribution in [0.1, 0.15) is 12.5 Å². The Morgan fingerprint density at radius 3 is 2.76 bits per heavy atom. The fourth-order valence-electron chi connectivity index (χ4n) is 2.04. The molecule has 1 amide bonds. The zero-order valence-corrected chi connectivity index (χ0v) is 14.1. The number of aliphatic hydroxyl groups is 1. The smallest absolute Gasteiger partial charge is 0.407 e. The van der Waals surface area contributed by atoms with Gasteiger partial charge < -0.3 is 25.3 Å². The molecule has 2 aromatic rings. The summed E-state index contributed by atoms with van der Waals surface area (Å²) < 4.78 is 6.27. The Bertz CT molecular complexity index is 748. The summed E-state index contributed by atoms with van der Waals surface area (Å²) in [7, 11) is 0. The lowest BCUT2D eigenvalue weighted by Crippen LogP contribution is -2.43. The molecule has 0 saturated carbocycles. The topological polar surface area (TPSA) is 120 Å². The van der Waals surface area contributed by atoms with E-state index in [-0.39, 0.29) is 25.0 Å². The van der Waals surface area contributed by atoms with E-state index >= 15 is 0 Å². The molecule has 1 aromatic heterocycles. The molecule has 0 radical (unpaired) electrons. The van der Waals surface area contributed by atoms with Gasteiger partial charge in [-0.3, -0.25) is 4.57 Å². The maximum Gasteiger partial charge on any atom is 0.407 e. The van der Waals surface area contributed by atoms with Crippen LogP contribution in [-0.4, -0.2) is 37.8 Å². The molecule has 0 fully saturated rings. The van der Waals surface area contributed by atoms with Gasteiger partial charge in [-0.15, -0.1) is 0 Å². The summed E-state index contributed by atoms with van der Waals surface area (Å²) in [5.74, 6) is -0.420. The van der Waals surface area contributed by atoms with E-state index in [9.17, 15) is 20.0 Å². The van der Waals surface area contributed by atoms with Crippen molar-refractivity contribution in [2.75, 3.05) is 6.54 Å². The van der Waals surface area contributed by atoms with Gasteiger partial charge in [-0.1, -0.05) is 30.3 Å². The van der Waals surface area contributed by atoms with Crippen molar-refractivity contribution in [3.05, 3.63) is 57.5 Å². The highest BCUT2D eigenvalue weighted by Crippen LogP contribution is 2.18. The largest absolute Gasteiger partial charge is 0.445 e. The minimum atomic E-state index is -1.41. The molecule has 1 aromatic carbocycles. The number of carbonyl (C=O) groups excluding carboxylic acids is 1. The van der Waals surface area contributed by atoms with Crippen molar-refractivity contribution < 1.29 is 19.6 Å². The number of halogens is 1. The lowest BCUT2D eigenvalue weighted by atomic mass is 10.1. The number of hydrogen-bond acceptors (Lipinski definition) is 6. The van der Waals surface area contributed by atoms with Crippen LogP contribution in [0.15, 0.2) is 36.5 Å². The number of rotatable bonds is 7. The van der Waals surface area contributed by atoms with Crippen molar-refractivity contribution >= 4 is 23.5 Å². The predicted molar refractivity (Wildman–Crippen MR) is 89.1 cm³/mol. The molecule has 0 aliphatic rings. The average molecular weight is 369 g/mol. The number of nitro groups is 1. The molecular weight excluding hydrogens is 352 g/mol. The van der Waals surface area contributed by atoms with E-state index in [2.05, 4.69) is 10.3 Å². The van der Waals surface area contributed by atoms with Gasteiger partial charge in [-0.25, -0.2) is 4.79 Å². The average Bonchev–Trinajstić information content (AvgIpc) is 2.92. The first-order chi connectivity index (χ1) is 11.8. The molecule has 1 heterocycles. The van der Waals surface area contributed by atoms with Crippen LogP contribution in [0, 0.1) is 10.1 Å². The third kappa shape index (κ3) is 5.73. The lowest BCUT2D eigenvalue weighted by Gasteiger charge is -2.23. The molecule has 10 heteroatoms. The van der Waals surface area contributed by atoms with E-state index in [1.54, 1.807) is 0 Å². The number of alkyl carbamates (subject to hydrolysis) is 1. The highest BCUT2D eigenvalue weighted by Gasteiger charge is 2.26. The lowest BCUT2D eigenvalue weighted by molar-refractivity contribution is -0.389. The fourth-order valence-corrected chi connectivity index (χ4v) is 2.23. The minimum absolute atomic E-state index is 0.0916. The van der Waals surface area contributed by atoms with Crippen molar-refractivity contribution in [3.63, 3.8) is 0 Å². The maximum atomic E-state index is 11.7. The second-order valence-corrected chi connectivity index (χ2v) is 6.00. The molecule has 0 unspecified atom stereocenters. The van der Waals surface area contributed by atoms with Crippen LogP contribution in [0.25, 0.3) is 0 Å². The summed E-state index contributed by atoms with van der Waals surface area (Å²) in [5.41, 5.74) is -0.578. The molecule has 25 heavy (non-hydrogen) atoms. The van der Waals surface area contributed by atoms with Crippen molar-refractivity contribution in [2.24, 2.45) is 0 Å². The molecule has 0 aliphatic carbocycles. The van der Waals surface area contributed by atoms with Crippen molar-refractivity contribution in [3.8, 4) is 0 Å². The van der Waals surface area contributed by atoms with Gasteiger partial charge in [0, 0.05) is 0 Å². The van der Waals surface area contributed by atoms with Gasteiger partial charge in [0.25, 0.3) is 0 Å². The molecule has 2 rings (SSSR count). The Kier molecular flexibility index (Phi) is 5.94. The van der Waals surface area contributed by atoms with E-state index in [1.807, 2.05) is 30.3 Å². The van der Waals surface area contributed by atoms with Crippen molar-refractivity contribution in [1.29, 1.82) is 0 Å². The number of hydrogen-bond donors (Lipinski definition) is 2. The van der Waals surface area contributed by atoms with E-state index in [4.69, 9.17) is 16.3 Å². The number of ether oxygens (including phenoxy) is 1. The number of nitrogens with zero attached hydrogens (tertiary/aromatic N) is 3. The van der Waals surface area contributed by atoms with E-state index in [1.165, 1.54) is 11.5 Å². The molecule has 2 N–H and O–H groups in total. The number of amides is 1. The number of aromatic nitrogens is 2. The van der Waals surface area contributed by atoms with E-state index in [0.717, 1.165) is 11.8 Å². The second kappa shape index (κ2) is 7.95. The summed E-state index contributed by atoms with van der Waals surface area (Å²) in [6, 6.07) is 9.14. The van der Waals surface area contributed by atoms with Crippen LogP contribution in [0.2, 0.25) is 5.28 Å². The zero-order valence-electron chi connectivity index (χ0n) is 13.4. The van der Waals surface area contributed by atoms with E-state index in [0.29, 0.717) is 0 Å². The van der Waals surface area contributed by atoms with Crippen LogP contribution in [0.4, 0.5) is 10.6 Å². The van der Waals surface area contributed by atoms with Crippen molar-refractivity contribution in [1.82, 2.24) is 14.9 Å². The minimum Gasteiger partial charge on any atom is -0.445 e. The fraction of sp³-hybridized carbons (Fsp3) is 0.333. The molecule has 0 saturated heterocycles. The Morgan fingerprint density at radius 2 is 2.16 bits per heavy atom. The monoisotopic (exact) mass is 368 g/mol. The summed E-state index contributed by atoms with van der Waals surface area (Å²) in [6.07, 6.45) is 0.427. The van der Waals surface area contributed by atoms with Gasteiger partial charge in [0.1, 0.15) is 12.8 Å². The number of imidazole rings is 1. The summed E-state index contributed by atoms with van der Waals surface area (Å²) in [5, 5.41) is 23.3. The Labute approximate surface area is 148 Å². The molecule has 134 valence electrons. The molecule has 1 atom stereocenters. The van der Waals surface area contributed by atoms with Gasteiger partial charge in [-0.2, -0.15) is 0 Å². The quantitative estimate of drug-likeness (QED) is 0.570. The van der Waals surface area contributed by atoms with Crippen LogP contribution < -0.4 is 5.32 Å². The zero-order chi connectivity index (χ0) is 18.4. The van der Waals surface area contributed by atoms with Crippen molar-refractivity contribution in [2.45, 2.75) is 25.7 Å². The number of nitrogens with one attached hydrogen (secondary N) is 1. The second-order valence-electron chi connectivity index (χ2n) is 5.67. The molecule has 9 nitrogen and oxygen atoms in total. The Morgan fingerprint density at radius 1 is 1.48 bits per heavy atom. The summed E-state index contributed by atoms with van der Waals surface area (Å²) in [4.78, 5) is 25.2. The van der Waals surface area contributed by atoms with Gasteiger partial charge in [0.05, 0.1) is 18.7 Å². The van der Waals surface area contributed by atoms with Gasteiger partial charge in [-0.05, 0) is 34.0 Å². The predicted octanol–water partition coefficient (Wildman–Crippen LogP) is 2.12. The van der Waals surface area contributed by atoms with Crippen LogP contribution in [0.5, 0.6) is 0 Å². The van der Waals surface area contributed by atoms with Gasteiger partial charge >= 0.3 is 17.2 Å². The summed E-state index contributed by atoms with van der Waals surface area (Å²) >= 11 is 5.80.